The molecule has 1 saturated heterocycles. The molecule has 0 aromatic heterocycles. The van der Waals surface area contributed by atoms with Crippen molar-refractivity contribution in [3.8, 4) is 0 Å². The van der Waals surface area contributed by atoms with E-state index < -0.39 is 38.8 Å². The maximum absolute atomic E-state index is 12.8. The zero-order chi connectivity index (χ0) is 24.5. The summed E-state index contributed by atoms with van der Waals surface area (Å²) in [5, 5.41) is -0.580. The van der Waals surface area contributed by atoms with Gasteiger partial charge >= 0.3 is 0 Å². The van der Waals surface area contributed by atoms with E-state index in [-0.39, 0.29) is 19.8 Å². The molecule has 1 heterocycles. The molecular formula is C27H29ClO6S. The maximum Gasteiger partial charge on any atom is 0.193 e. The van der Waals surface area contributed by atoms with E-state index in [2.05, 4.69) is 0 Å². The van der Waals surface area contributed by atoms with Gasteiger partial charge < -0.3 is 18.9 Å². The largest absolute Gasteiger partial charge is 0.368 e. The molecule has 1 aliphatic rings. The number of ether oxygens (including phenoxy) is 4. The van der Waals surface area contributed by atoms with Gasteiger partial charge in [-0.1, -0.05) is 91.0 Å². The monoisotopic (exact) mass is 516 g/mol. The van der Waals surface area contributed by atoms with Gasteiger partial charge in [-0.25, -0.2) is 8.42 Å². The molecule has 4 atom stereocenters. The van der Waals surface area contributed by atoms with Crippen LogP contribution in [0.15, 0.2) is 91.0 Å². The van der Waals surface area contributed by atoms with Crippen LogP contribution in [0.3, 0.4) is 0 Å². The fraction of sp³-hybridized carbons (Fsp3) is 0.333. The third-order valence-electron chi connectivity index (χ3n) is 5.77. The number of alkyl halides is 1. The highest BCUT2D eigenvalue weighted by molar-refractivity contribution is 7.93. The first-order chi connectivity index (χ1) is 17.1. The van der Waals surface area contributed by atoms with E-state index >= 15 is 0 Å². The summed E-state index contributed by atoms with van der Waals surface area (Å²) >= 11 is 5.81. The number of sulfone groups is 1. The predicted molar refractivity (Wildman–Crippen MR) is 134 cm³/mol. The van der Waals surface area contributed by atoms with E-state index in [4.69, 9.17) is 30.5 Å². The molecule has 0 bridgehead atoms. The van der Waals surface area contributed by atoms with Crippen LogP contribution in [0, 0.1) is 0 Å². The van der Waals surface area contributed by atoms with Gasteiger partial charge in [0.1, 0.15) is 23.5 Å². The molecule has 0 amide bonds. The Kier molecular flexibility index (Phi) is 9.31. The third kappa shape index (κ3) is 7.13. The molecule has 0 spiro atoms. The molecule has 0 aliphatic carbocycles. The van der Waals surface area contributed by atoms with Crippen molar-refractivity contribution in [3.63, 3.8) is 0 Å². The molecule has 1 fully saturated rings. The number of hydrogen-bond donors (Lipinski definition) is 0. The van der Waals surface area contributed by atoms with Crippen molar-refractivity contribution >= 4 is 21.4 Å². The van der Waals surface area contributed by atoms with E-state index in [1.54, 1.807) is 0 Å². The second-order valence-electron chi connectivity index (χ2n) is 8.33. The number of hydrogen-bond acceptors (Lipinski definition) is 6. The molecular weight excluding hydrogens is 488 g/mol. The Hall–Kier alpha value is -2.26. The lowest BCUT2D eigenvalue weighted by Crippen LogP contribution is -2.58. The Labute approximate surface area is 211 Å². The van der Waals surface area contributed by atoms with E-state index in [1.807, 2.05) is 91.0 Å². The zero-order valence-corrected chi connectivity index (χ0v) is 20.8. The van der Waals surface area contributed by atoms with Crippen LogP contribution in [0.2, 0.25) is 0 Å². The van der Waals surface area contributed by atoms with Crippen molar-refractivity contribution in [1.29, 1.82) is 0 Å². The van der Waals surface area contributed by atoms with Gasteiger partial charge in [-0.05, 0) is 16.7 Å². The number of benzene rings is 3. The first-order valence-electron chi connectivity index (χ1n) is 11.4. The summed E-state index contributed by atoms with van der Waals surface area (Å²) in [4.78, 5) is 0. The molecule has 0 radical (unpaired) electrons. The van der Waals surface area contributed by atoms with Crippen LogP contribution >= 0.6 is 11.6 Å². The Morgan fingerprint density at radius 2 is 1.11 bits per heavy atom. The normalized spacial score (nSPS) is 22.7. The molecule has 0 N–H and O–H groups in total. The van der Waals surface area contributed by atoms with Crippen molar-refractivity contribution in [3.05, 3.63) is 108 Å². The van der Waals surface area contributed by atoms with Crippen molar-refractivity contribution < 1.29 is 27.4 Å². The highest BCUT2D eigenvalue weighted by Gasteiger charge is 2.48. The highest BCUT2D eigenvalue weighted by atomic mass is 35.5. The molecule has 6 nitrogen and oxygen atoms in total. The van der Waals surface area contributed by atoms with Gasteiger partial charge in [0, 0.05) is 0 Å². The third-order valence-corrected chi connectivity index (χ3v) is 8.10. The van der Waals surface area contributed by atoms with Crippen LogP contribution in [0.1, 0.15) is 16.7 Å². The molecule has 0 unspecified atom stereocenters. The van der Waals surface area contributed by atoms with E-state index in [1.165, 1.54) is 0 Å². The lowest BCUT2D eigenvalue weighted by atomic mass is 10.0. The first kappa shape index (κ1) is 25.8. The van der Waals surface area contributed by atoms with Gasteiger partial charge in [0.05, 0.1) is 26.4 Å². The molecule has 1 aliphatic heterocycles. The molecule has 3 aromatic carbocycles. The van der Waals surface area contributed by atoms with Crippen LogP contribution < -0.4 is 0 Å². The van der Waals surface area contributed by atoms with E-state index in [9.17, 15) is 8.42 Å². The fourth-order valence-electron chi connectivity index (χ4n) is 3.95. The molecule has 35 heavy (non-hydrogen) atoms. The smallest absolute Gasteiger partial charge is 0.193 e. The second kappa shape index (κ2) is 12.6. The van der Waals surface area contributed by atoms with Crippen LogP contribution in [0.25, 0.3) is 0 Å². The van der Waals surface area contributed by atoms with Crippen LogP contribution in [0.4, 0.5) is 0 Å². The fourth-order valence-corrected chi connectivity index (χ4v) is 5.37. The Balaban J connectivity index is 1.58. The molecule has 0 saturated carbocycles. The molecule has 186 valence electrons. The Morgan fingerprint density at radius 1 is 0.686 bits per heavy atom. The van der Waals surface area contributed by atoms with Gasteiger partial charge in [-0.15, -0.1) is 11.6 Å². The standard InChI is InChI=1S/C27H29ClO6S/c28-20-35(29,30)27-26(33-18-23-14-8-3-9-15-23)25(32-17-22-12-6-2-7-13-22)24(19-34-27)31-16-21-10-4-1-5-11-21/h1-15,24-27H,16-20H2/t24-,25-,26+,27-/m0/s1. The summed E-state index contributed by atoms with van der Waals surface area (Å²) in [6, 6.07) is 29.0. The van der Waals surface area contributed by atoms with E-state index in [0.717, 1.165) is 16.7 Å². The number of rotatable bonds is 11. The van der Waals surface area contributed by atoms with Crippen molar-refractivity contribution in [1.82, 2.24) is 0 Å². The maximum atomic E-state index is 12.8. The summed E-state index contributed by atoms with van der Waals surface area (Å²) in [7, 11) is -3.80. The Bertz CT molecular complexity index is 1130. The van der Waals surface area contributed by atoms with E-state index in [0.29, 0.717) is 6.61 Å². The SMILES string of the molecule is O=S(=O)(CCl)[C@@H]1OC[C@H](OCc2ccccc2)[C@H](OCc2ccccc2)[C@H]1OCc1ccccc1. The quantitative estimate of drug-likeness (QED) is 0.344. The van der Waals surface area contributed by atoms with Crippen LogP contribution in [-0.4, -0.2) is 44.0 Å². The topological polar surface area (TPSA) is 71.1 Å². The lowest BCUT2D eigenvalue weighted by molar-refractivity contribution is -0.221. The summed E-state index contributed by atoms with van der Waals surface area (Å²) < 4.78 is 50.2. The summed E-state index contributed by atoms with van der Waals surface area (Å²) in [6.07, 6.45) is -2.17. The number of halogens is 1. The van der Waals surface area contributed by atoms with Gasteiger partial charge in [-0.2, -0.15) is 0 Å². The minimum Gasteiger partial charge on any atom is -0.368 e. The summed E-state index contributed by atoms with van der Waals surface area (Å²) in [6.45, 7) is 0.839. The summed E-state index contributed by atoms with van der Waals surface area (Å²) in [5.41, 5.74) is 1.59. The minimum absolute atomic E-state index is 0.0400. The van der Waals surface area contributed by atoms with Crippen molar-refractivity contribution in [2.24, 2.45) is 0 Å². The van der Waals surface area contributed by atoms with Gasteiger partial charge in [0.15, 0.2) is 15.3 Å². The molecule has 3 aromatic rings. The summed E-state index contributed by atoms with van der Waals surface area (Å²) in [5.74, 6) is 0. The zero-order valence-electron chi connectivity index (χ0n) is 19.2. The van der Waals surface area contributed by atoms with Gasteiger partial charge in [-0.3, -0.25) is 0 Å². The van der Waals surface area contributed by atoms with Gasteiger partial charge in [0.25, 0.3) is 0 Å². The van der Waals surface area contributed by atoms with Crippen molar-refractivity contribution in [2.45, 2.75) is 43.6 Å². The average molecular weight is 517 g/mol. The van der Waals surface area contributed by atoms with Crippen LogP contribution in [-0.2, 0) is 48.6 Å². The average Bonchev–Trinajstić information content (AvgIpc) is 2.91. The second-order valence-corrected chi connectivity index (χ2v) is 11.0. The highest BCUT2D eigenvalue weighted by Crippen LogP contribution is 2.30. The van der Waals surface area contributed by atoms with Crippen LogP contribution in [0.5, 0.6) is 0 Å². The molecule has 4 rings (SSSR count). The first-order valence-corrected chi connectivity index (χ1v) is 13.7. The minimum atomic E-state index is -3.80. The van der Waals surface area contributed by atoms with Crippen molar-refractivity contribution in [2.75, 3.05) is 11.8 Å². The molecule has 8 heteroatoms. The van der Waals surface area contributed by atoms with Gasteiger partial charge in [0.2, 0.25) is 0 Å². The lowest BCUT2D eigenvalue weighted by Gasteiger charge is -2.41. The Morgan fingerprint density at radius 3 is 1.57 bits per heavy atom. The predicted octanol–water partition coefficient (Wildman–Crippen LogP) is 4.71.